The van der Waals surface area contributed by atoms with Gasteiger partial charge in [0.05, 0.1) is 6.10 Å². The van der Waals surface area contributed by atoms with E-state index >= 15 is 0 Å². The van der Waals surface area contributed by atoms with Crippen molar-refractivity contribution >= 4 is 5.91 Å². The van der Waals surface area contributed by atoms with Crippen molar-refractivity contribution in [3.8, 4) is 0 Å². The van der Waals surface area contributed by atoms with Crippen molar-refractivity contribution in [3.05, 3.63) is 30.1 Å². The van der Waals surface area contributed by atoms with Gasteiger partial charge < -0.3 is 9.64 Å². The summed E-state index contributed by atoms with van der Waals surface area (Å²) in [5.41, 5.74) is 0.554. The van der Waals surface area contributed by atoms with Crippen LogP contribution in [0.5, 0.6) is 0 Å². The smallest absolute Gasteiger partial charge is 0.272 e. The molecule has 1 amide bonds. The maximum absolute atomic E-state index is 12.3. The van der Waals surface area contributed by atoms with E-state index in [1.54, 1.807) is 19.4 Å². The zero-order valence-electron chi connectivity index (χ0n) is 9.87. The van der Waals surface area contributed by atoms with Gasteiger partial charge in [-0.15, -0.1) is 0 Å². The SMILES string of the molecule is COC1CC2CC(C1)N2C(=O)c1ccccn1. The van der Waals surface area contributed by atoms with Crippen molar-refractivity contribution < 1.29 is 9.53 Å². The van der Waals surface area contributed by atoms with Crippen molar-refractivity contribution in [1.82, 2.24) is 9.88 Å². The van der Waals surface area contributed by atoms with Crippen LogP contribution in [0.1, 0.15) is 29.8 Å². The second kappa shape index (κ2) is 4.11. The molecule has 1 saturated carbocycles. The molecule has 1 aliphatic carbocycles. The Kier molecular flexibility index (Phi) is 2.59. The molecule has 2 saturated heterocycles. The third kappa shape index (κ3) is 1.72. The van der Waals surface area contributed by atoms with Gasteiger partial charge in [-0.1, -0.05) is 6.07 Å². The van der Waals surface area contributed by atoms with Gasteiger partial charge in [-0.2, -0.15) is 0 Å². The Morgan fingerprint density at radius 1 is 1.35 bits per heavy atom. The van der Waals surface area contributed by atoms with E-state index in [9.17, 15) is 4.79 Å². The summed E-state index contributed by atoms with van der Waals surface area (Å²) in [4.78, 5) is 18.4. The van der Waals surface area contributed by atoms with Gasteiger partial charge in [0.1, 0.15) is 5.69 Å². The quantitative estimate of drug-likeness (QED) is 0.775. The first-order valence-corrected chi connectivity index (χ1v) is 6.06. The summed E-state index contributed by atoms with van der Waals surface area (Å²) in [7, 11) is 1.75. The number of piperidine rings is 1. The van der Waals surface area contributed by atoms with Crippen LogP contribution in [0.2, 0.25) is 0 Å². The molecule has 2 aliphatic heterocycles. The molecule has 4 heteroatoms. The van der Waals surface area contributed by atoms with E-state index in [-0.39, 0.29) is 5.91 Å². The summed E-state index contributed by atoms with van der Waals surface area (Å²) >= 11 is 0. The zero-order chi connectivity index (χ0) is 11.8. The maximum Gasteiger partial charge on any atom is 0.272 e. The van der Waals surface area contributed by atoms with Crippen LogP contribution in [0.15, 0.2) is 24.4 Å². The molecule has 4 rings (SSSR count). The largest absolute Gasteiger partial charge is 0.381 e. The number of rotatable bonds is 2. The molecule has 0 spiro atoms. The highest BCUT2D eigenvalue weighted by molar-refractivity contribution is 5.93. The lowest BCUT2D eigenvalue weighted by atomic mass is 9.77. The summed E-state index contributed by atoms with van der Waals surface area (Å²) < 4.78 is 5.37. The molecule has 3 heterocycles. The molecular formula is C13H16N2O2. The van der Waals surface area contributed by atoms with Crippen LogP contribution in [0.4, 0.5) is 0 Å². The van der Waals surface area contributed by atoms with Crippen LogP contribution in [0.25, 0.3) is 0 Å². The van der Waals surface area contributed by atoms with Crippen molar-refractivity contribution in [2.24, 2.45) is 0 Å². The summed E-state index contributed by atoms with van der Waals surface area (Å²) in [6.07, 6.45) is 5.04. The van der Waals surface area contributed by atoms with E-state index in [0.717, 1.165) is 19.3 Å². The summed E-state index contributed by atoms with van der Waals surface area (Å²) in [6, 6.07) is 6.17. The van der Waals surface area contributed by atoms with Gasteiger partial charge in [-0.25, -0.2) is 0 Å². The number of pyridine rings is 1. The van der Waals surface area contributed by atoms with Crippen molar-refractivity contribution in [3.63, 3.8) is 0 Å². The van der Waals surface area contributed by atoms with Gasteiger partial charge in [-0.05, 0) is 31.4 Å². The second-order valence-electron chi connectivity index (χ2n) is 4.80. The number of hydrogen-bond acceptors (Lipinski definition) is 3. The Hall–Kier alpha value is -1.42. The van der Waals surface area contributed by atoms with Crippen molar-refractivity contribution in [2.75, 3.05) is 7.11 Å². The fourth-order valence-corrected chi connectivity index (χ4v) is 2.97. The Labute approximate surface area is 101 Å². The number of carbonyl (C=O) groups excluding carboxylic acids is 1. The maximum atomic E-state index is 12.3. The van der Waals surface area contributed by atoms with E-state index in [1.165, 1.54) is 0 Å². The normalized spacial score (nSPS) is 30.9. The average Bonchev–Trinajstić information content (AvgIpc) is 2.39. The number of fused-ring (bicyclic) bond motifs is 2. The first-order valence-electron chi connectivity index (χ1n) is 6.06. The van der Waals surface area contributed by atoms with Crippen LogP contribution in [0.3, 0.4) is 0 Å². The molecule has 3 aliphatic rings. The molecule has 1 aromatic heterocycles. The number of amides is 1. The lowest BCUT2D eigenvalue weighted by Gasteiger charge is -2.54. The Morgan fingerprint density at radius 2 is 2.12 bits per heavy atom. The monoisotopic (exact) mass is 232 g/mol. The number of methoxy groups -OCH3 is 1. The first kappa shape index (κ1) is 10.7. The van der Waals surface area contributed by atoms with Gasteiger partial charge in [0.25, 0.3) is 5.91 Å². The number of hydrogen-bond donors (Lipinski definition) is 0. The molecule has 0 radical (unpaired) electrons. The fourth-order valence-electron chi connectivity index (χ4n) is 2.97. The van der Waals surface area contributed by atoms with Crippen LogP contribution in [-0.2, 0) is 4.74 Å². The molecular weight excluding hydrogens is 216 g/mol. The van der Waals surface area contributed by atoms with Gasteiger partial charge in [0.15, 0.2) is 0 Å². The van der Waals surface area contributed by atoms with Gasteiger partial charge in [0, 0.05) is 25.4 Å². The Morgan fingerprint density at radius 3 is 2.71 bits per heavy atom. The number of carbonyl (C=O) groups is 1. The average molecular weight is 232 g/mol. The molecule has 3 fully saturated rings. The highest BCUT2D eigenvalue weighted by Crippen LogP contribution is 2.39. The van der Waals surface area contributed by atoms with E-state index in [0.29, 0.717) is 23.9 Å². The minimum atomic E-state index is 0.0707. The highest BCUT2D eigenvalue weighted by atomic mass is 16.5. The predicted octanol–water partition coefficient (Wildman–Crippen LogP) is 1.47. The van der Waals surface area contributed by atoms with Crippen molar-refractivity contribution in [1.29, 1.82) is 0 Å². The Balaban J connectivity index is 1.74. The van der Waals surface area contributed by atoms with Crippen LogP contribution >= 0.6 is 0 Å². The second-order valence-corrected chi connectivity index (χ2v) is 4.80. The topological polar surface area (TPSA) is 42.4 Å². The minimum Gasteiger partial charge on any atom is -0.381 e. The molecule has 2 bridgehead atoms. The molecule has 1 aromatic rings. The molecule has 4 nitrogen and oxygen atoms in total. The van der Waals surface area contributed by atoms with Gasteiger partial charge in [0.2, 0.25) is 0 Å². The standard InChI is InChI=1S/C13H16N2O2/c1-17-11-7-9-6-10(8-11)15(9)13(16)12-4-2-3-5-14-12/h2-5,9-11H,6-8H2,1H3. The van der Waals surface area contributed by atoms with E-state index in [4.69, 9.17) is 4.74 Å². The van der Waals surface area contributed by atoms with Gasteiger partial charge in [-0.3, -0.25) is 9.78 Å². The van der Waals surface area contributed by atoms with Crippen LogP contribution in [-0.4, -0.2) is 41.1 Å². The lowest BCUT2D eigenvalue weighted by molar-refractivity contribution is -0.0730. The fraction of sp³-hybridized carbons (Fsp3) is 0.538. The number of nitrogens with zero attached hydrogens (tertiary/aromatic N) is 2. The number of aromatic nitrogens is 1. The highest BCUT2D eigenvalue weighted by Gasteiger charge is 2.48. The first-order chi connectivity index (χ1) is 8.29. The predicted molar refractivity (Wildman–Crippen MR) is 62.6 cm³/mol. The Bertz CT molecular complexity index is 409. The molecule has 17 heavy (non-hydrogen) atoms. The summed E-state index contributed by atoms with van der Waals surface area (Å²) in [5.74, 6) is 0.0707. The summed E-state index contributed by atoms with van der Waals surface area (Å²) in [6.45, 7) is 0. The van der Waals surface area contributed by atoms with Crippen LogP contribution < -0.4 is 0 Å². The van der Waals surface area contributed by atoms with Crippen LogP contribution in [0, 0.1) is 0 Å². The molecule has 0 N–H and O–H groups in total. The molecule has 90 valence electrons. The molecule has 0 aromatic carbocycles. The zero-order valence-corrected chi connectivity index (χ0v) is 9.87. The van der Waals surface area contributed by atoms with Gasteiger partial charge >= 0.3 is 0 Å². The van der Waals surface area contributed by atoms with E-state index < -0.39 is 0 Å². The molecule has 2 atom stereocenters. The van der Waals surface area contributed by atoms with Crippen molar-refractivity contribution in [2.45, 2.75) is 37.5 Å². The molecule has 2 unspecified atom stereocenters. The number of ether oxygens (including phenoxy) is 1. The van der Waals surface area contributed by atoms with E-state index in [1.807, 2.05) is 17.0 Å². The summed E-state index contributed by atoms with van der Waals surface area (Å²) in [5, 5.41) is 0. The third-order valence-corrected chi connectivity index (χ3v) is 3.85. The third-order valence-electron chi connectivity index (χ3n) is 3.85. The van der Waals surface area contributed by atoms with E-state index in [2.05, 4.69) is 4.98 Å². The minimum absolute atomic E-state index is 0.0707. The lowest BCUT2D eigenvalue weighted by Crippen LogP contribution is -2.64.